The van der Waals surface area contributed by atoms with Crippen molar-refractivity contribution in [1.82, 2.24) is 15.0 Å². The van der Waals surface area contributed by atoms with Crippen molar-refractivity contribution < 1.29 is 9.53 Å². The highest BCUT2D eigenvalue weighted by molar-refractivity contribution is 5.74. The number of carbonyl (C=O) groups excluding carboxylic acids is 1. The second-order valence-corrected chi connectivity index (χ2v) is 5.65. The molecule has 5 nitrogen and oxygen atoms in total. The number of rotatable bonds is 9. The molecule has 0 spiro atoms. The molecule has 22 heavy (non-hydrogen) atoms. The molecule has 0 amide bonds. The maximum atomic E-state index is 11.9. The van der Waals surface area contributed by atoms with E-state index in [0.717, 1.165) is 23.9 Å². The summed E-state index contributed by atoms with van der Waals surface area (Å²) in [5.74, 6) is 0.325. The van der Waals surface area contributed by atoms with Crippen molar-refractivity contribution in [2.75, 3.05) is 6.61 Å². The summed E-state index contributed by atoms with van der Waals surface area (Å²) in [7, 11) is 0. The van der Waals surface area contributed by atoms with E-state index < -0.39 is 0 Å². The van der Waals surface area contributed by atoms with E-state index in [9.17, 15) is 4.79 Å². The van der Waals surface area contributed by atoms with Gasteiger partial charge in [0.25, 0.3) is 0 Å². The smallest absolute Gasteiger partial charge is 0.307 e. The maximum absolute atomic E-state index is 11.9. The van der Waals surface area contributed by atoms with Crippen molar-refractivity contribution in [1.29, 1.82) is 0 Å². The molecule has 0 bridgehead atoms. The summed E-state index contributed by atoms with van der Waals surface area (Å²) in [4.78, 5) is 11.9. The van der Waals surface area contributed by atoms with E-state index in [-0.39, 0.29) is 5.97 Å². The van der Waals surface area contributed by atoms with Crippen molar-refractivity contribution >= 4 is 17.0 Å². The number of ether oxygens (including phenoxy) is 1. The van der Waals surface area contributed by atoms with Gasteiger partial charge < -0.3 is 4.74 Å². The van der Waals surface area contributed by atoms with Gasteiger partial charge in [-0.1, -0.05) is 50.5 Å². The molecule has 1 heterocycles. The molecule has 0 aliphatic heterocycles. The van der Waals surface area contributed by atoms with Gasteiger partial charge in [-0.15, -0.1) is 5.10 Å². The van der Waals surface area contributed by atoms with Gasteiger partial charge in [-0.25, -0.2) is 4.68 Å². The lowest BCUT2D eigenvalue weighted by Gasteiger charge is -2.14. The molecule has 1 aromatic heterocycles. The fraction of sp³-hybridized carbons (Fsp3) is 0.588. The first-order valence-electron chi connectivity index (χ1n) is 8.18. The molecule has 0 saturated heterocycles. The standard InChI is InChI=1S/C17H25N3O2/c1-3-5-8-14(4-2)13-22-17(21)11-12-20-16-10-7-6-9-15(16)18-19-20/h6-7,9-10,14H,3-5,8,11-13H2,1-2H3. The third-order valence-electron chi connectivity index (χ3n) is 3.97. The molecule has 1 aromatic carbocycles. The van der Waals surface area contributed by atoms with Gasteiger partial charge in [0, 0.05) is 0 Å². The number of aryl methyl sites for hydroxylation is 1. The molecule has 2 rings (SSSR count). The highest BCUT2D eigenvalue weighted by Crippen LogP contribution is 2.14. The third kappa shape index (κ3) is 4.55. The SMILES string of the molecule is CCCCC(CC)COC(=O)CCn1nnc2ccccc21. The summed E-state index contributed by atoms with van der Waals surface area (Å²) in [5.41, 5.74) is 1.80. The molecule has 1 unspecified atom stereocenters. The Morgan fingerprint density at radius 1 is 1.32 bits per heavy atom. The number of aromatic nitrogens is 3. The van der Waals surface area contributed by atoms with E-state index in [0.29, 0.717) is 25.5 Å². The van der Waals surface area contributed by atoms with Crippen molar-refractivity contribution in [2.45, 2.75) is 52.5 Å². The summed E-state index contributed by atoms with van der Waals surface area (Å²) >= 11 is 0. The number of hydrogen-bond acceptors (Lipinski definition) is 4. The van der Waals surface area contributed by atoms with E-state index in [1.165, 1.54) is 12.8 Å². The fourth-order valence-corrected chi connectivity index (χ4v) is 2.46. The summed E-state index contributed by atoms with van der Waals surface area (Å²) in [6.45, 7) is 5.37. The predicted molar refractivity (Wildman–Crippen MR) is 86.4 cm³/mol. The lowest BCUT2D eigenvalue weighted by molar-refractivity contribution is -0.145. The minimum Gasteiger partial charge on any atom is -0.465 e. The molecule has 0 N–H and O–H groups in total. The van der Waals surface area contributed by atoms with Crippen LogP contribution < -0.4 is 0 Å². The Morgan fingerprint density at radius 2 is 2.14 bits per heavy atom. The lowest BCUT2D eigenvalue weighted by Crippen LogP contribution is -2.15. The van der Waals surface area contributed by atoms with Gasteiger partial charge >= 0.3 is 5.97 Å². The number of benzene rings is 1. The van der Waals surface area contributed by atoms with Crippen LogP contribution in [0.4, 0.5) is 0 Å². The molecule has 2 aromatic rings. The number of para-hydroxylation sites is 1. The Balaban J connectivity index is 1.78. The van der Waals surface area contributed by atoms with E-state index in [4.69, 9.17) is 4.74 Å². The number of nitrogens with zero attached hydrogens (tertiary/aromatic N) is 3. The van der Waals surface area contributed by atoms with Gasteiger partial charge in [0.2, 0.25) is 0 Å². The zero-order valence-corrected chi connectivity index (χ0v) is 13.5. The second-order valence-electron chi connectivity index (χ2n) is 5.65. The Bertz CT molecular complexity index is 594. The van der Waals surface area contributed by atoms with Crippen LogP contribution in [-0.4, -0.2) is 27.6 Å². The molecule has 0 saturated carbocycles. The summed E-state index contributed by atoms with van der Waals surface area (Å²) in [5, 5.41) is 8.16. The first-order chi connectivity index (χ1) is 10.7. The Morgan fingerprint density at radius 3 is 2.91 bits per heavy atom. The van der Waals surface area contributed by atoms with Crippen LogP contribution >= 0.6 is 0 Å². The second kappa shape index (κ2) is 8.51. The molecular formula is C17H25N3O2. The molecular weight excluding hydrogens is 278 g/mol. The van der Waals surface area contributed by atoms with Gasteiger partial charge in [0.05, 0.1) is 25.1 Å². The number of fused-ring (bicyclic) bond motifs is 1. The van der Waals surface area contributed by atoms with Crippen LogP contribution in [-0.2, 0) is 16.1 Å². The van der Waals surface area contributed by atoms with Crippen LogP contribution in [0.15, 0.2) is 24.3 Å². The average molecular weight is 303 g/mol. The molecule has 0 aliphatic carbocycles. The summed E-state index contributed by atoms with van der Waals surface area (Å²) < 4.78 is 7.16. The number of esters is 1. The van der Waals surface area contributed by atoms with Crippen molar-refractivity contribution in [3.8, 4) is 0 Å². The monoisotopic (exact) mass is 303 g/mol. The Kier molecular flexibility index (Phi) is 6.37. The van der Waals surface area contributed by atoms with Gasteiger partial charge in [-0.3, -0.25) is 4.79 Å². The summed E-state index contributed by atoms with van der Waals surface area (Å²) in [6.07, 6.45) is 4.90. The summed E-state index contributed by atoms with van der Waals surface area (Å²) in [6, 6.07) is 7.74. The quantitative estimate of drug-likeness (QED) is 0.664. The minimum atomic E-state index is -0.158. The van der Waals surface area contributed by atoms with Crippen LogP contribution in [0.25, 0.3) is 11.0 Å². The van der Waals surface area contributed by atoms with Crippen molar-refractivity contribution in [2.24, 2.45) is 5.92 Å². The van der Waals surface area contributed by atoms with Crippen LogP contribution in [0.5, 0.6) is 0 Å². The first-order valence-corrected chi connectivity index (χ1v) is 8.18. The zero-order valence-electron chi connectivity index (χ0n) is 13.5. The fourth-order valence-electron chi connectivity index (χ4n) is 2.46. The van der Waals surface area contributed by atoms with Crippen molar-refractivity contribution in [3.05, 3.63) is 24.3 Å². The van der Waals surface area contributed by atoms with Gasteiger partial charge in [0.15, 0.2) is 0 Å². The van der Waals surface area contributed by atoms with Gasteiger partial charge in [0.1, 0.15) is 5.52 Å². The molecule has 120 valence electrons. The number of carbonyl (C=O) groups is 1. The molecule has 0 aliphatic rings. The maximum Gasteiger partial charge on any atom is 0.307 e. The number of unbranched alkanes of at least 4 members (excludes halogenated alkanes) is 1. The van der Waals surface area contributed by atoms with Gasteiger partial charge in [-0.2, -0.15) is 0 Å². The first kappa shape index (κ1) is 16.5. The Hall–Kier alpha value is -1.91. The van der Waals surface area contributed by atoms with Gasteiger partial charge in [-0.05, 0) is 24.5 Å². The minimum absolute atomic E-state index is 0.158. The van der Waals surface area contributed by atoms with E-state index >= 15 is 0 Å². The lowest BCUT2D eigenvalue weighted by atomic mass is 10.0. The van der Waals surface area contributed by atoms with E-state index in [1.54, 1.807) is 4.68 Å². The van der Waals surface area contributed by atoms with Crippen LogP contribution in [0.3, 0.4) is 0 Å². The van der Waals surface area contributed by atoms with E-state index in [1.807, 2.05) is 24.3 Å². The normalized spacial score (nSPS) is 12.5. The van der Waals surface area contributed by atoms with Crippen LogP contribution in [0, 0.1) is 5.92 Å². The highest BCUT2D eigenvalue weighted by Gasteiger charge is 2.11. The molecule has 0 fully saturated rings. The highest BCUT2D eigenvalue weighted by atomic mass is 16.5. The van der Waals surface area contributed by atoms with Crippen LogP contribution in [0.2, 0.25) is 0 Å². The molecule has 5 heteroatoms. The predicted octanol–water partition coefficient (Wildman–Crippen LogP) is 3.58. The largest absolute Gasteiger partial charge is 0.465 e. The Labute approximate surface area is 131 Å². The van der Waals surface area contributed by atoms with E-state index in [2.05, 4.69) is 24.2 Å². The number of hydrogen-bond donors (Lipinski definition) is 0. The third-order valence-corrected chi connectivity index (χ3v) is 3.97. The molecule has 0 radical (unpaired) electrons. The van der Waals surface area contributed by atoms with Crippen LogP contribution in [0.1, 0.15) is 46.0 Å². The average Bonchev–Trinajstić information content (AvgIpc) is 2.96. The zero-order chi connectivity index (χ0) is 15.8. The molecule has 1 atom stereocenters. The topological polar surface area (TPSA) is 57.0 Å². The van der Waals surface area contributed by atoms with Crippen molar-refractivity contribution in [3.63, 3.8) is 0 Å².